The standard InChI is InChI=1S/C10H17NO2S/c12-9(13)10(4-7-14-8-10)11-5-2-1-3-6-11/h1-8H2,(H,12,13). The van der Waals surface area contributed by atoms with E-state index in [1.165, 1.54) is 19.3 Å². The molecule has 0 aromatic rings. The molecular weight excluding hydrogens is 198 g/mol. The van der Waals surface area contributed by atoms with E-state index >= 15 is 0 Å². The summed E-state index contributed by atoms with van der Waals surface area (Å²) in [5.74, 6) is 1.18. The highest BCUT2D eigenvalue weighted by atomic mass is 32.2. The van der Waals surface area contributed by atoms with Crippen molar-refractivity contribution in [2.45, 2.75) is 31.2 Å². The summed E-state index contributed by atoms with van der Waals surface area (Å²) in [5, 5.41) is 9.36. The van der Waals surface area contributed by atoms with Gasteiger partial charge in [0.05, 0.1) is 0 Å². The van der Waals surface area contributed by atoms with Crippen molar-refractivity contribution in [3.05, 3.63) is 0 Å². The molecule has 1 unspecified atom stereocenters. The van der Waals surface area contributed by atoms with Crippen molar-refractivity contribution in [2.24, 2.45) is 0 Å². The maximum atomic E-state index is 11.4. The van der Waals surface area contributed by atoms with Gasteiger partial charge in [-0.05, 0) is 38.1 Å². The highest BCUT2D eigenvalue weighted by Gasteiger charge is 2.46. The number of carbonyl (C=O) groups is 1. The maximum Gasteiger partial charge on any atom is 0.325 e. The van der Waals surface area contributed by atoms with Gasteiger partial charge in [0.1, 0.15) is 5.54 Å². The zero-order chi connectivity index (χ0) is 10.0. The SMILES string of the molecule is O=C(O)C1(N2CCCCC2)CCSC1. The first-order valence-electron chi connectivity index (χ1n) is 5.32. The number of hydrogen-bond donors (Lipinski definition) is 1. The van der Waals surface area contributed by atoms with Crippen LogP contribution in [0.3, 0.4) is 0 Å². The van der Waals surface area contributed by atoms with Crippen LogP contribution in [-0.4, -0.2) is 46.1 Å². The van der Waals surface area contributed by atoms with Crippen LogP contribution in [0.15, 0.2) is 0 Å². The van der Waals surface area contributed by atoms with Crippen molar-refractivity contribution in [2.75, 3.05) is 24.6 Å². The van der Waals surface area contributed by atoms with E-state index in [0.29, 0.717) is 0 Å². The number of piperidine rings is 1. The van der Waals surface area contributed by atoms with Gasteiger partial charge < -0.3 is 5.11 Å². The van der Waals surface area contributed by atoms with E-state index in [2.05, 4.69) is 4.90 Å². The Hall–Kier alpha value is -0.220. The number of thioether (sulfide) groups is 1. The minimum atomic E-state index is -0.607. The largest absolute Gasteiger partial charge is 0.480 e. The third-order valence-electron chi connectivity index (χ3n) is 3.36. The Labute approximate surface area is 88.9 Å². The Morgan fingerprint density at radius 1 is 1.29 bits per heavy atom. The van der Waals surface area contributed by atoms with Crippen LogP contribution in [-0.2, 0) is 4.79 Å². The fourth-order valence-corrected chi connectivity index (χ4v) is 3.84. The molecule has 4 heteroatoms. The van der Waals surface area contributed by atoms with Crippen LogP contribution in [0.5, 0.6) is 0 Å². The summed E-state index contributed by atoms with van der Waals surface area (Å²) >= 11 is 1.78. The number of aliphatic carboxylic acids is 1. The lowest BCUT2D eigenvalue weighted by molar-refractivity contribution is -0.150. The highest BCUT2D eigenvalue weighted by molar-refractivity contribution is 7.99. The molecule has 80 valence electrons. The molecule has 0 aromatic carbocycles. The fourth-order valence-electron chi connectivity index (χ4n) is 2.43. The van der Waals surface area contributed by atoms with Crippen LogP contribution in [0.25, 0.3) is 0 Å². The van der Waals surface area contributed by atoms with Gasteiger partial charge in [-0.1, -0.05) is 6.42 Å². The van der Waals surface area contributed by atoms with Crippen molar-refractivity contribution in [1.29, 1.82) is 0 Å². The average Bonchev–Trinajstić information content (AvgIpc) is 2.69. The molecule has 1 atom stereocenters. The Bertz CT molecular complexity index is 220. The second kappa shape index (κ2) is 4.11. The molecule has 2 fully saturated rings. The Morgan fingerprint density at radius 3 is 2.50 bits per heavy atom. The van der Waals surface area contributed by atoms with E-state index in [0.717, 1.165) is 31.0 Å². The van der Waals surface area contributed by atoms with Gasteiger partial charge >= 0.3 is 5.97 Å². The van der Waals surface area contributed by atoms with E-state index in [-0.39, 0.29) is 0 Å². The Morgan fingerprint density at radius 2 is 2.00 bits per heavy atom. The topological polar surface area (TPSA) is 40.5 Å². The van der Waals surface area contributed by atoms with Gasteiger partial charge in [-0.15, -0.1) is 0 Å². The minimum absolute atomic E-state index is 0.523. The lowest BCUT2D eigenvalue weighted by Crippen LogP contribution is -2.56. The summed E-state index contributed by atoms with van der Waals surface area (Å²) in [6.45, 7) is 1.96. The van der Waals surface area contributed by atoms with Crippen molar-refractivity contribution in [3.8, 4) is 0 Å². The molecule has 2 aliphatic rings. The summed E-state index contributed by atoms with van der Waals surface area (Å²) in [7, 11) is 0. The third-order valence-corrected chi connectivity index (χ3v) is 4.53. The molecule has 0 radical (unpaired) electrons. The summed E-state index contributed by atoms with van der Waals surface area (Å²) in [4.78, 5) is 13.6. The number of hydrogen-bond acceptors (Lipinski definition) is 3. The smallest absolute Gasteiger partial charge is 0.325 e. The molecule has 2 rings (SSSR count). The number of rotatable bonds is 2. The summed E-state index contributed by atoms with van der Waals surface area (Å²) < 4.78 is 0. The fraction of sp³-hybridized carbons (Fsp3) is 0.900. The molecule has 0 amide bonds. The third kappa shape index (κ3) is 1.65. The van der Waals surface area contributed by atoms with Gasteiger partial charge in [0.15, 0.2) is 0 Å². The second-order valence-corrected chi connectivity index (χ2v) is 5.29. The Balaban J connectivity index is 2.12. The van der Waals surface area contributed by atoms with E-state index in [1.807, 2.05) is 0 Å². The average molecular weight is 215 g/mol. The van der Waals surface area contributed by atoms with E-state index < -0.39 is 11.5 Å². The molecule has 0 bridgehead atoms. The van der Waals surface area contributed by atoms with Gasteiger partial charge in [0, 0.05) is 5.75 Å². The number of nitrogens with zero attached hydrogens (tertiary/aromatic N) is 1. The van der Waals surface area contributed by atoms with Crippen LogP contribution in [0, 0.1) is 0 Å². The zero-order valence-corrected chi connectivity index (χ0v) is 9.18. The summed E-state index contributed by atoms with van der Waals surface area (Å²) in [6.07, 6.45) is 4.42. The molecule has 0 saturated carbocycles. The summed E-state index contributed by atoms with van der Waals surface area (Å²) in [6, 6.07) is 0. The number of carboxylic acids is 1. The van der Waals surface area contributed by atoms with Gasteiger partial charge in [-0.2, -0.15) is 11.8 Å². The molecule has 14 heavy (non-hydrogen) atoms. The minimum Gasteiger partial charge on any atom is -0.480 e. The zero-order valence-electron chi connectivity index (χ0n) is 8.37. The first-order valence-corrected chi connectivity index (χ1v) is 6.47. The molecule has 0 aliphatic carbocycles. The van der Waals surface area contributed by atoms with E-state index in [4.69, 9.17) is 0 Å². The lowest BCUT2D eigenvalue weighted by atomic mass is 9.94. The molecule has 0 spiro atoms. The van der Waals surface area contributed by atoms with Crippen LogP contribution >= 0.6 is 11.8 Å². The molecule has 2 aliphatic heterocycles. The molecule has 2 saturated heterocycles. The molecule has 0 aromatic heterocycles. The van der Waals surface area contributed by atoms with Gasteiger partial charge in [0.25, 0.3) is 0 Å². The lowest BCUT2D eigenvalue weighted by Gasteiger charge is -2.39. The maximum absolute atomic E-state index is 11.4. The van der Waals surface area contributed by atoms with Crippen molar-refractivity contribution < 1.29 is 9.90 Å². The van der Waals surface area contributed by atoms with Gasteiger partial charge in [-0.3, -0.25) is 9.69 Å². The quantitative estimate of drug-likeness (QED) is 0.756. The molecule has 2 heterocycles. The number of likely N-dealkylation sites (tertiary alicyclic amines) is 1. The molecule has 1 N–H and O–H groups in total. The predicted molar refractivity (Wildman–Crippen MR) is 57.7 cm³/mol. The van der Waals surface area contributed by atoms with Crippen LogP contribution in [0.2, 0.25) is 0 Å². The molecule has 3 nitrogen and oxygen atoms in total. The van der Waals surface area contributed by atoms with Crippen LogP contribution in [0.4, 0.5) is 0 Å². The van der Waals surface area contributed by atoms with Gasteiger partial charge in [0.2, 0.25) is 0 Å². The second-order valence-electron chi connectivity index (χ2n) is 4.19. The number of carboxylic acid groups (broad SMARTS) is 1. The van der Waals surface area contributed by atoms with Gasteiger partial charge in [-0.25, -0.2) is 0 Å². The van der Waals surface area contributed by atoms with Crippen molar-refractivity contribution >= 4 is 17.7 Å². The van der Waals surface area contributed by atoms with Crippen LogP contribution < -0.4 is 0 Å². The monoisotopic (exact) mass is 215 g/mol. The first kappa shape index (κ1) is 10.3. The normalized spacial score (nSPS) is 34.6. The predicted octanol–water partition coefficient (Wildman–Crippen LogP) is 1.43. The highest BCUT2D eigenvalue weighted by Crippen LogP contribution is 2.35. The summed E-state index contributed by atoms with van der Waals surface area (Å²) in [5.41, 5.74) is -0.523. The first-order chi connectivity index (χ1) is 6.76. The van der Waals surface area contributed by atoms with Crippen molar-refractivity contribution in [3.63, 3.8) is 0 Å². The molecular formula is C10H17NO2S. The van der Waals surface area contributed by atoms with Crippen LogP contribution in [0.1, 0.15) is 25.7 Å². The van der Waals surface area contributed by atoms with E-state index in [1.54, 1.807) is 11.8 Å². The van der Waals surface area contributed by atoms with Crippen molar-refractivity contribution in [1.82, 2.24) is 4.90 Å². The van der Waals surface area contributed by atoms with E-state index in [9.17, 15) is 9.90 Å². The Kier molecular flexibility index (Phi) is 3.02.